The predicted molar refractivity (Wildman–Crippen MR) is 241 cm³/mol. The van der Waals surface area contributed by atoms with Gasteiger partial charge in [0.1, 0.15) is 6.10 Å². The Bertz CT molecular complexity index is 1590. The van der Waals surface area contributed by atoms with Crippen molar-refractivity contribution in [2.75, 3.05) is 12.3 Å². The Labute approximate surface area is 358 Å². The number of allylic oxidation sites excluding steroid dienone is 12. The molecule has 0 aromatic heterocycles. The molecule has 0 aromatic rings. The Hall–Kier alpha value is -2.75. The first kappa shape index (κ1) is 48.9. The number of esters is 1. The monoisotopic (exact) mass is 838 g/mol. The van der Waals surface area contributed by atoms with Gasteiger partial charge in [-0.25, -0.2) is 0 Å². The van der Waals surface area contributed by atoms with Gasteiger partial charge in [0.05, 0.1) is 11.9 Å². The summed E-state index contributed by atoms with van der Waals surface area (Å²) < 4.78 is 37.0. The Morgan fingerprint density at radius 3 is 2.00 bits per heavy atom. The van der Waals surface area contributed by atoms with Gasteiger partial charge in [-0.05, 0) is 162 Å². The van der Waals surface area contributed by atoms with E-state index in [0.29, 0.717) is 48.9 Å². The highest BCUT2D eigenvalue weighted by Crippen LogP contribution is 2.68. The van der Waals surface area contributed by atoms with Crippen LogP contribution in [0.4, 0.5) is 0 Å². The zero-order valence-corrected chi connectivity index (χ0v) is 37.8. The Balaban J connectivity index is 1.10. The Morgan fingerprint density at radius 1 is 0.780 bits per heavy atom. The van der Waals surface area contributed by atoms with E-state index in [-0.39, 0.29) is 47.4 Å². The molecule has 4 rings (SSSR count). The second kappa shape index (κ2) is 24.6. The third-order valence-corrected chi connectivity index (χ3v) is 15.6. The first-order valence-corrected chi connectivity index (χ1v) is 24.9. The minimum Gasteiger partial charge on any atom is -0.462 e. The number of hydrogen-bond donors (Lipinski definition) is 3. The van der Waals surface area contributed by atoms with Gasteiger partial charge in [-0.3, -0.25) is 14.1 Å². The van der Waals surface area contributed by atoms with Crippen LogP contribution in [0.25, 0.3) is 0 Å². The SMILES string of the molecule is CC/C=C\C/C=C\C/C=C\C/C=C\C/C=C\C/C=C\CCCCC(=O)OC1CCC2(C)C(CCC3C2CC(O)C2(C)C(C(C)CCC(=O)NCCS(=O)(=O)O)CCC32)C1. The van der Waals surface area contributed by atoms with Gasteiger partial charge < -0.3 is 15.2 Å². The highest BCUT2D eigenvalue weighted by atomic mass is 32.2. The van der Waals surface area contributed by atoms with Gasteiger partial charge >= 0.3 is 5.97 Å². The van der Waals surface area contributed by atoms with Gasteiger partial charge in [0, 0.05) is 19.4 Å². The molecule has 332 valence electrons. The van der Waals surface area contributed by atoms with Gasteiger partial charge in [0.2, 0.25) is 5.91 Å². The number of fused-ring (bicyclic) bond motifs is 5. The first-order valence-electron chi connectivity index (χ1n) is 23.3. The molecule has 4 saturated carbocycles. The zero-order valence-electron chi connectivity index (χ0n) is 36.9. The standard InChI is InChI=1S/C50H79NO7S/c1-5-6-7-8-9-10-11-12-13-14-15-16-17-18-19-20-21-22-23-24-25-26-48(54)58-41-33-34-49(3)40(37-41)28-29-42-44-31-30-43(50(44,4)46(52)38-45(42)49)39(2)27-32-47(53)51-35-36-59(55,56)57/h6-7,9-10,12-13,15-16,18-19,21-22,39-46,52H,5,8,11,14,17,20,23-38H2,1-4H3,(H,51,53)(H,55,56,57)/b7-6-,10-9-,13-12-,16-15-,19-18-,22-21-. The van der Waals surface area contributed by atoms with E-state index < -0.39 is 15.9 Å². The number of amides is 1. The number of aliphatic hydroxyl groups is 1. The summed E-state index contributed by atoms with van der Waals surface area (Å²) in [4.78, 5) is 25.3. The number of ether oxygens (including phenoxy) is 1. The van der Waals surface area contributed by atoms with Crippen molar-refractivity contribution in [2.24, 2.45) is 46.3 Å². The summed E-state index contributed by atoms with van der Waals surface area (Å²) in [7, 11) is -4.10. The van der Waals surface area contributed by atoms with Gasteiger partial charge in [0.15, 0.2) is 0 Å². The molecule has 0 radical (unpaired) electrons. The van der Waals surface area contributed by atoms with Crippen molar-refractivity contribution in [1.82, 2.24) is 5.32 Å². The minimum absolute atomic E-state index is 0.00113. The maximum Gasteiger partial charge on any atom is 0.306 e. The summed E-state index contributed by atoms with van der Waals surface area (Å²) in [6.45, 7) is 9.05. The normalized spacial score (nSPS) is 31.7. The molecule has 4 aliphatic carbocycles. The van der Waals surface area contributed by atoms with Crippen LogP contribution in [0.1, 0.15) is 156 Å². The van der Waals surface area contributed by atoms with Crippen LogP contribution in [0.2, 0.25) is 0 Å². The van der Waals surface area contributed by atoms with Crippen molar-refractivity contribution in [1.29, 1.82) is 0 Å². The molecular formula is C50H79NO7S. The summed E-state index contributed by atoms with van der Waals surface area (Å²) in [5.74, 6) is 1.90. The Kier molecular flexibility index (Phi) is 20.4. The average Bonchev–Trinajstić information content (AvgIpc) is 3.56. The van der Waals surface area contributed by atoms with Crippen molar-refractivity contribution in [2.45, 2.75) is 168 Å². The topological polar surface area (TPSA) is 130 Å². The summed E-state index contributed by atoms with van der Waals surface area (Å²) >= 11 is 0. The van der Waals surface area contributed by atoms with E-state index >= 15 is 0 Å². The highest BCUT2D eigenvalue weighted by molar-refractivity contribution is 7.85. The van der Waals surface area contributed by atoms with Gasteiger partial charge in [-0.2, -0.15) is 8.42 Å². The quantitative estimate of drug-likeness (QED) is 0.0382. The molecule has 0 heterocycles. The fraction of sp³-hybridized carbons (Fsp3) is 0.720. The van der Waals surface area contributed by atoms with E-state index in [0.717, 1.165) is 103 Å². The molecule has 8 nitrogen and oxygen atoms in total. The zero-order chi connectivity index (χ0) is 42.7. The van der Waals surface area contributed by atoms with Crippen LogP contribution < -0.4 is 5.32 Å². The third kappa shape index (κ3) is 15.0. The van der Waals surface area contributed by atoms with Crippen LogP contribution in [0.3, 0.4) is 0 Å². The van der Waals surface area contributed by atoms with E-state index in [1.54, 1.807) is 0 Å². The second-order valence-electron chi connectivity index (χ2n) is 18.7. The van der Waals surface area contributed by atoms with Crippen molar-refractivity contribution in [3.63, 3.8) is 0 Å². The predicted octanol–water partition coefficient (Wildman–Crippen LogP) is 11.2. The lowest BCUT2D eigenvalue weighted by molar-refractivity contribution is -0.181. The molecule has 3 N–H and O–H groups in total. The van der Waals surface area contributed by atoms with Gasteiger partial charge in [-0.1, -0.05) is 101 Å². The molecule has 0 aliphatic heterocycles. The van der Waals surface area contributed by atoms with Crippen LogP contribution in [-0.4, -0.2) is 54.5 Å². The summed E-state index contributed by atoms with van der Waals surface area (Å²) in [5, 5.41) is 14.6. The van der Waals surface area contributed by atoms with Crippen LogP contribution >= 0.6 is 0 Å². The van der Waals surface area contributed by atoms with Crippen molar-refractivity contribution in [3.8, 4) is 0 Å². The van der Waals surface area contributed by atoms with E-state index in [9.17, 15) is 23.1 Å². The Morgan fingerprint density at radius 2 is 1.39 bits per heavy atom. The maximum absolute atomic E-state index is 12.9. The molecule has 9 heteroatoms. The fourth-order valence-electron chi connectivity index (χ4n) is 11.6. The van der Waals surface area contributed by atoms with Crippen molar-refractivity contribution >= 4 is 22.0 Å². The number of nitrogens with one attached hydrogen (secondary N) is 1. The molecule has 0 bridgehead atoms. The molecule has 10 atom stereocenters. The van der Waals surface area contributed by atoms with E-state index in [1.807, 2.05) is 0 Å². The van der Waals surface area contributed by atoms with Crippen molar-refractivity contribution < 1.29 is 32.4 Å². The molecule has 10 unspecified atom stereocenters. The second-order valence-corrected chi connectivity index (χ2v) is 20.2. The van der Waals surface area contributed by atoms with Crippen LogP contribution in [0.15, 0.2) is 72.9 Å². The van der Waals surface area contributed by atoms with Crippen LogP contribution in [0.5, 0.6) is 0 Å². The highest BCUT2D eigenvalue weighted by Gasteiger charge is 2.63. The van der Waals surface area contributed by atoms with Crippen molar-refractivity contribution in [3.05, 3.63) is 72.9 Å². The molecule has 4 fully saturated rings. The number of carbonyl (C=O) groups is 2. The molecule has 59 heavy (non-hydrogen) atoms. The van der Waals surface area contributed by atoms with Crippen LogP contribution in [-0.2, 0) is 24.4 Å². The summed E-state index contributed by atoms with van der Waals surface area (Å²) in [6, 6.07) is 0. The number of hydrogen-bond acceptors (Lipinski definition) is 6. The van der Waals surface area contributed by atoms with E-state index in [2.05, 4.69) is 106 Å². The number of unbranched alkanes of at least 4 members (excludes halogenated alkanes) is 2. The maximum atomic E-state index is 12.9. The lowest BCUT2D eigenvalue weighted by Gasteiger charge is -2.62. The fourth-order valence-corrected chi connectivity index (χ4v) is 12.0. The molecule has 0 saturated heterocycles. The number of aliphatic hydroxyl groups excluding tert-OH is 1. The largest absolute Gasteiger partial charge is 0.462 e. The molecule has 4 aliphatic rings. The van der Waals surface area contributed by atoms with E-state index in [4.69, 9.17) is 9.29 Å². The van der Waals surface area contributed by atoms with Crippen LogP contribution in [0, 0.1) is 46.3 Å². The first-order chi connectivity index (χ1) is 28.3. The smallest absolute Gasteiger partial charge is 0.306 e. The van der Waals surface area contributed by atoms with Gasteiger partial charge in [-0.15, -0.1) is 0 Å². The van der Waals surface area contributed by atoms with E-state index in [1.165, 1.54) is 6.42 Å². The average molecular weight is 838 g/mol. The number of carbonyl (C=O) groups excluding carboxylic acids is 2. The molecule has 0 spiro atoms. The minimum atomic E-state index is -4.10. The summed E-state index contributed by atoms with van der Waals surface area (Å²) in [6.07, 6.45) is 44.7. The molecule has 0 aromatic carbocycles. The third-order valence-electron chi connectivity index (χ3n) is 14.9. The van der Waals surface area contributed by atoms with Gasteiger partial charge in [0.25, 0.3) is 10.1 Å². The number of rotatable bonds is 24. The lowest BCUT2D eigenvalue weighted by Crippen LogP contribution is -2.59. The lowest BCUT2D eigenvalue weighted by atomic mass is 9.43. The summed E-state index contributed by atoms with van der Waals surface area (Å²) in [5.41, 5.74) is -0.0268. The molecule has 1 amide bonds. The molecular weight excluding hydrogens is 759 g/mol.